The Morgan fingerprint density at radius 3 is 2.65 bits per heavy atom. The van der Waals surface area contributed by atoms with Crippen LogP contribution in [0.5, 0.6) is 0 Å². The van der Waals surface area contributed by atoms with Crippen molar-refractivity contribution in [2.45, 2.75) is 13.0 Å². The number of benzene rings is 2. The van der Waals surface area contributed by atoms with E-state index in [0.717, 1.165) is 16.9 Å². The van der Waals surface area contributed by atoms with Crippen molar-refractivity contribution in [2.75, 3.05) is 6.61 Å². The number of hydrogen-bond acceptors (Lipinski definition) is 5. The average molecular weight is 434 g/mol. The van der Waals surface area contributed by atoms with E-state index in [1.165, 1.54) is 22.8 Å². The maximum atomic E-state index is 14.1. The number of fused-ring (bicyclic) bond motifs is 1. The van der Waals surface area contributed by atoms with E-state index in [1.54, 1.807) is 25.1 Å². The van der Waals surface area contributed by atoms with Crippen LogP contribution in [0.2, 0.25) is 0 Å². The second kappa shape index (κ2) is 8.65. The van der Waals surface area contributed by atoms with Gasteiger partial charge in [0.2, 0.25) is 0 Å². The van der Waals surface area contributed by atoms with E-state index >= 15 is 0 Å². The van der Waals surface area contributed by atoms with Gasteiger partial charge >= 0.3 is 5.97 Å². The Morgan fingerprint density at radius 2 is 1.94 bits per heavy atom. The molecule has 1 unspecified atom stereocenters. The molecule has 2 aromatic carbocycles. The van der Waals surface area contributed by atoms with Crippen LogP contribution >= 0.6 is 11.3 Å². The fourth-order valence-corrected chi connectivity index (χ4v) is 4.52. The third-order valence-electron chi connectivity index (χ3n) is 4.88. The van der Waals surface area contributed by atoms with Gasteiger partial charge in [0.15, 0.2) is 4.80 Å². The average Bonchev–Trinajstić information content (AvgIpc) is 3.08. The van der Waals surface area contributed by atoms with Crippen LogP contribution in [-0.2, 0) is 9.53 Å². The first-order chi connectivity index (χ1) is 15.0. The van der Waals surface area contributed by atoms with Gasteiger partial charge in [-0.25, -0.2) is 14.2 Å². The summed E-state index contributed by atoms with van der Waals surface area (Å²) in [5.41, 5.74) is 1.48. The van der Waals surface area contributed by atoms with Crippen LogP contribution in [0.25, 0.3) is 6.08 Å². The highest BCUT2D eigenvalue weighted by atomic mass is 32.1. The number of aromatic nitrogens is 1. The minimum absolute atomic E-state index is 0.0504. The third-order valence-corrected chi connectivity index (χ3v) is 5.86. The molecule has 1 aliphatic heterocycles. The van der Waals surface area contributed by atoms with Crippen molar-refractivity contribution in [2.24, 2.45) is 4.99 Å². The number of carbonyl (C=O) groups excluding carboxylic acids is 1. The number of esters is 1. The van der Waals surface area contributed by atoms with E-state index in [0.29, 0.717) is 20.6 Å². The van der Waals surface area contributed by atoms with Crippen LogP contribution in [0.4, 0.5) is 4.39 Å². The van der Waals surface area contributed by atoms with Gasteiger partial charge < -0.3 is 4.74 Å². The van der Waals surface area contributed by atoms with E-state index in [1.807, 2.05) is 30.3 Å². The van der Waals surface area contributed by atoms with Gasteiger partial charge in [-0.2, -0.15) is 0 Å². The first-order valence-electron chi connectivity index (χ1n) is 9.61. The molecule has 2 heterocycles. The molecular formula is C24H19FN2O3S. The summed E-state index contributed by atoms with van der Waals surface area (Å²) in [4.78, 5) is 31.2. The van der Waals surface area contributed by atoms with Gasteiger partial charge in [0.25, 0.3) is 5.56 Å². The zero-order valence-electron chi connectivity index (χ0n) is 16.7. The second-order valence-electron chi connectivity index (χ2n) is 6.90. The molecule has 0 aliphatic carbocycles. The standard InChI is InChI=1S/C24H19FN2O3S/c1-3-13-30-23(29)20-15(2)26-24-27(21(20)16-9-5-4-6-10-16)22(28)19(31-24)14-17-11-7-8-12-18(17)25/h3-12,14,21H,1,13H2,2H3/b19-14+. The third kappa shape index (κ3) is 3.92. The van der Waals surface area contributed by atoms with Crippen molar-refractivity contribution in [3.63, 3.8) is 0 Å². The Balaban J connectivity index is 1.95. The molecule has 1 aliphatic rings. The van der Waals surface area contributed by atoms with Gasteiger partial charge in [-0.3, -0.25) is 9.36 Å². The highest BCUT2D eigenvalue weighted by molar-refractivity contribution is 7.07. The molecule has 0 amide bonds. The van der Waals surface area contributed by atoms with Gasteiger partial charge in [0, 0.05) is 5.56 Å². The number of hydrogen-bond donors (Lipinski definition) is 0. The zero-order chi connectivity index (χ0) is 22.0. The molecule has 0 spiro atoms. The molecule has 0 fully saturated rings. The molecule has 0 saturated carbocycles. The Morgan fingerprint density at radius 1 is 1.23 bits per heavy atom. The maximum Gasteiger partial charge on any atom is 0.338 e. The molecule has 5 nitrogen and oxygen atoms in total. The first kappa shape index (κ1) is 20.7. The highest BCUT2D eigenvalue weighted by Crippen LogP contribution is 2.30. The molecule has 1 aromatic heterocycles. The van der Waals surface area contributed by atoms with Crippen molar-refractivity contribution < 1.29 is 13.9 Å². The Hall–Kier alpha value is -3.58. The van der Waals surface area contributed by atoms with E-state index in [4.69, 9.17) is 4.74 Å². The molecule has 31 heavy (non-hydrogen) atoms. The Kier molecular flexibility index (Phi) is 5.77. The largest absolute Gasteiger partial charge is 0.458 e. The quantitative estimate of drug-likeness (QED) is 0.458. The summed E-state index contributed by atoms with van der Waals surface area (Å²) in [6.45, 7) is 5.34. The fraction of sp³-hybridized carbons (Fsp3) is 0.125. The summed E-state index contributed by atoms with van der Waals surface area (Å²) >= 11 is 1.16. The zero-order valence-corrected chi connectivity index (χ0v) is 17.6. The molecule has 0 radical (unpaired) electrons. The molecule has 0 saturated heterocycles. The Labute approximate surface area is 181 Å². The van der Waals surface area contributed by atoms with Crippen LogP contribution < -0.4 is 14.9 Å². The molecule has 0 N–H and O–H groups in total. The molecule has 7 heteroatoms. The second-order valence-corrected chi connectivity index (χ2v) is 7.91. The van der Waals surface area contributed by atoms with Crippen LogP contribution in [0.1, 0.15) is 24.1 Å². The summed E-state index contributed by atoms with van der Waals surface area (Å²) in [6, 6.07) is 14.8. The minimum atomic E-state index is -0.697. The fourth-order valence-electron chi connectivity index (χ4n) is 3.48. The van der Waals surface area contributed by atoms with Gasteiger partial charge in [0.05, 0.1) is 21.8 Å². The van der Waals surface area contributed by atoms with E-state index in [-0.39, 0.29) is 17.7 Å². The predicted octanol–water partition coefficient (Wildman–Crippen LogP) is 3.10. The van der Waals surface area contributed by atoms with E-state index in [2.05, 4.69) is 11.6 Å². The number of nitrogens with zero attached hydrogens (tertiary/aromatic N) is 2. The maximum absolute atomic E-state index is 14.1. The van der Waals surface area contributed by atoms with Gasteiger partial charge in [-0.1, -0.05) is 72.5 Å². The molecule has 156 valence electrons. The monoisotopic (exact) mass is 434 g/mol. The minimum Gasteiger partial charge on any atom is -0.458 e. The summed E-state index contributed by atoms with van der Waals surface area (Å²) < 4.78 is 21.2. The summed E-state index contributed by atoms with van der Waals surface area (Å²) in [5, 5.41) is 0. The lowest BCUT2D eigenvalue weighted by molar-refractivity contribution is -0.138. The molecule has 1 atom stereocenters. The smallest absolute Gasteiger partial charge is 0.338 e. The summed E-state index contributed by atoms with van der Waals surface area (Å²) in [7, 11) is 0. The molecule has 3 aromatic rings. The highest BCUT2D eigenvalue weighted by Gasteiger charge is 2.33. The molecule has 0 bridgehead atoms. The first-order valence-corrected chi connectivity index (χ1v) is 10.4. The number of allylic oxidation sites excluding steroid dienone is 1. The van der Waals surface area contributed by atoms with Gasteiger partial charge in [0.1, 0.15) is 12.4 Å². The van der Waals surface area contributed by atoms with E-state index in [9.17, 15) is 14.0 Å². The van der Waals surface area contributed by atoms with Gasteiger partial charge in [-0.15, -0.1) is 0 Å². The lowest BCUT2D eigenvalue weighted by Crippen LogP contribution is -2.39. The van der Waals surface area contributed by atoms with Crippen LogP contribution in [0.15, 0.2) is 88.3 Å². The van der Waals surface area contributed by atoms with Crippen molar-refractivity contribution in [3.8, 4) is 0 Å². The summed E-state index contributed by atoms with van der Waals surface area (Å²) in [6.07, 6.45) is 2.99. The van der Waals surface area contributed by atoms with Gasteiger partial charge in [-0.05, 0) is 24.6 Å². The normalized spacial score (nSPS) is 15.9. The number of rotatable bonds is 5. The lowest BCUT2D eigenvalue weighted by Gasteiger charge is -2.24. The van der Waals surface area contributed by atoms with Crippen molar-refractivity contribution in [1.82, 2.24) is 4.57 Å². The number of carbonyl (C=O) groups is 1. The topological polar surface area (TPSA) is 60.7 Å². The van der Waals surface area contributed by atoms with Crippen LogP contribution in [0, 0.1) is 5.82 Å². The summed E-state index contributed by atoms with van der Waals surface area (Å²) in [5.74, 6) is -0.976. The number of halogens is 1. The van der Waals surface area contributed by atoms with Crippen molar-refractivity contribution in [3.05, 3.63) is 115 Å². The van der Waals surface area contributed by atoms with Crippen LogP contribution in [0.3, 0.4) is 0 Å². The van der Waals surface area contributed by atoms with Crippen LogP contribution in [-0.4, -0.2) is 17.1 Å². The predicted molar refractivity (Wildman–Crippen MR) is 118 cm³/mol. The Bertz CT molecular complexity index is 1370. The lowest BCUT2D eigenvalue weighted by atomic mass is 9.96. The SMILES string of the molecule is C=CCOC(=O)C1=C(C)N=c2s/c(=C/c3ccccc3F)c(=O)n2C1c1ccccc1. The number of thiazole rings is 1. The van der Waals surface area contributed by atoms with E-state index < -0.39 is 17.8 Å². The molecular weight excluding hydrogens is 415 g/mol. The number of ether oxygens (including phenoxy) is 1. The molecule has 4 rings (SSSR count). The van der Waals surface area contributed by atoms with Crippen molar-refractivity contribution in [1.29, 1.82) is 0 Å². The van der Waals surface area contributed by atoms with Crippen molar-refractivity contribution >= 4 is 23.4 Å².